The summed E-state index contributed by atoms with van der Waals surface area (Å²) in [6.07, 6.45) is 0. The smallest absolute Gasteiger partial charge is 0.134 e. The highest BCUT2D eigenvalue weighted by molar-refractivity contribution is 6.35. The Morgan fingerprint density at radius 1 is 1.17 bits per heavy atom. The van der Waals surface area contributed by atoms with E-state index >= 15 is 0 Å². The van der Waals surface area contributed by atoms with E-state index in [1.807, 2.05) is 18.2 Å². The molecule has 2 rings (SSSR count). The Kier molecular flexibility index (Phi) is 4.27. The number of halogens is 2. The Labute approximate surface area is 115 Å². The summed E-state index contributed by atoms with van der Waals surface area (Å²) in [7, 11) is 0. The fourth-order valence-corrected chi connectivity index (χ4v) is 2.09. The Balaban J connectivity index is 2.16. The van der Waals surface area contributed by atoms with E-state index < -0.39 is 0 Å². The maximum Gasteiger partial charge on any atom is 0.134 e. The van der Waals surface area contributed by atoms with Crippen molar-refractivity contribution in [3.05, 3.63) is 46.1 Å². The molecule has 2 aromatic rings. The van der Waals surface area contributed by atoms with Gasteiger partial charge in [-0.05, 0) is 30.3 Å². The van der Waals surface area contributed by atoms with Crippen molar-refractivity contribution in [2.24, 2.45) is 0 Å². The largest absolute Gasteiger partial charge is 0.460 e. The van der Waals surface area contributed by atoms with Crippen LogP contribution in [0.4, 0.5) is 0 Å². The van der Waals surface area contributed by atoms with Crippen LogP contribution in [-0.4, -0.2) is 6.54 Å². The molecule has 0 amide bonds. The molecule has 1 aromatic carbocycles. The van der Waals surface area contributed by atoms with Gasteiger partial charge in [0.25, 0.3) is 0 Å². The van der Waals surface area contributed by atoms with Crippen LogP contribution in [0.5, 0.6) is 0 Å². The van der Waals surface area contributed by atoms with Crippen molar-refractivity contribution in [2.75, 3.05) is 6.54 Å². The highest BCUT2D eigenvalue weighted by Crippen LogP contribution is 2.28. The summed E-state index contributed by atoms with van der Waals surface area (Å²) < 4.78 is 5.64. The van der Waals surface area contributed by atoms with Gasteiger partial charge in [-0.2, -0.15) is 5.26 Å². The Hall–Kier alpha value is -1.47. The molecule has 0 aliphatic carbocycles. The first-order valence-electron chi connectivity index (χ1n) is 5.32. The van der Waals surface area contributed by atoms with E-state index in [-0.39, 0.29) is 0 Å². The van der Waals surface area contributed by atoms with Crippen molar-refractivity contribution in [1.29, 1.82) is 5.26 Å². The minimum absolute atomic E-state index is 0.291. The zero-order valence-corrected chi connectivity index (χ0v) is 10.9. The number of nitrogens with zero attached hydrogens (tertiary/aromatic N) is 1. The lowest BCUT2D eigenvalue weighted by atomic mass is 10.2. The fourth-order valence-electron chi connectivity index (χ4n) is 1.57. The van der Waals surface area contributed by atoms with E-state index in [0.717, 1.165) is 11.3 Å². The van der Waals surface area contributed by atoms with Crippen LogP contribution in [0.15, 0.2) is 34.7 Å². The first-order chi connectivity index (χ1) is 8.69. The summed E-state index contributed by atoms with van der Waals surface area (Å²) in [5.41, 5.74) is 0.832. The van der Waals surface area contributed by atoms with Gasteiger partial charge < -0.3 is 4.42 Å². The molecule has 0 saturated carbocycles. The van der Waals surface area contributed by atoms with Gasteiger partial charge in [-0.25, -0.2) is 0 Å². The summed E-state index contributed by atoms with van der Waals surface area (Å²) >= 11 is 11.9. The topological polar surface area (TPSA) is 49.0 Å². The maximum atomic E-state index is 8.42. The SMILES string of the molecule is N#CCNCc1ccc(-c2cc(Cl)cc(Cl)c2)o1. The second-order valence-corrected chi connectivity index (χ2v) is 4.56. The number of hydrogen-bond donors (Lipinski definition) is 1. The van der Waals surface area contributed by atoms with Crippen molar-refractivity contribution < 1.29 is 4.42 Å². The van der Waals surface area contributed by atoms with Gasteiger partial charge in [-0.15, -0.1) is 0 Å². The van der Waals surface area contributed by atoms with Crippen molar-refractivity contribution >= 4 is 23.2 Å². The predicted molar refractivity (Wildman–Crippen MR) is 71.5 cm³/mol. The number of rotatable bonds is 4. The summed E-state index contributed by atoms with van der Waals surface area (Å²) in [5.74, 6) is 1.46. The molecule has 0 spiro atoms. The minimum Gasteiger partial charge on any atom is -0.460 e. The van der Waals surface area contributed by atoms with Gasteiger partial charge in [0.1, 0.15) is 11.5 Å². The van der Waals surface area contributed by atoms with Crippen molar-refractivity contribution in [1.82, 2.24) is 5.32 Å². The van der Waals surface area contributed by atoms with Crippen LogP contribution in [0.25, 0.3) is 11.3 Å². The average Bonchev–Trinajstić information content (AvgIpc) is 2.77. The second kappa shape index (κ2) is 5.92. The Bertz CT molecular complexity index is 567. The minimum atomic E-state index is 0.291. The molecule has 5 heteroatoms. The molecule has 0 fully saturated rings. The van der Waals surface area contributed by atoms with Crippen LogP contribution in [-0.2, 0) is 6.54 Å². The maximum absolute atomic E-state index is 8.42. The molecule has 1 aromatic heterocycles. The number of nitriles is 1. The predicted octanol–water partition coefficient (Wildman–Crippen LogP) is 3.87. The molecule has 18 heavy (non-hydrogen) atoms. The first-order valence-corrected chi connectivity index (χ1v) is 6.07. The number of furan rings is 1. The van der Waals surface area contributed by atoms with E-state index in [2.05, 4.69) is 5.32 Å². The Morgan fingerprint density at radius 3 is 2.56 bits per heavy atom. The van der Waals surface area contributed by atoms with Crippen LogP contribution in [0.1, 0.15) is 5.76 Å². The zero-order valence-electron chi connectivity index (χ0n) is 9.41. The molecular formula is C13H10Cl2N2O. The van der Waals surface area contributed by atoms with Crippen LogP contribution < -0.4 is 5.32 Å². The summed E-state index contributed by atoms with van der Waals surface area (Å²) in [5, 5.41) is 12.5. The average molecular weight is 281 g/mol. The van der Waals surface area contributed by atoms with E-state index in [9.17, 15) is 0 Å². The van der Waals surface area contributed by atoms with Crippen molar-refractivity contribution in [3.63, 3.8) is 0 Å². The normalized spacial score (nSPS) is 10.3. The molecular weight excluding hydrogens is 271 g/mol. The highest BCUT2D eigenvalue weighted by Gasteiger charge is 2.06. The van der Waals surface area contributed by atoms with Gasteiger partial charge >= 0.3 is 0 Å². The highest BCUT2D eigenvalue weighted by atomic mass is 35.5. The number of benzene rings is 1. The first kappa shape index (κ1) is 13.0. The molecule has 0 bridgehead atoms. The van der Waals surface area contributed by atoms with Gasteiger partial charge in [0.2, 0.25) is 0 Å². The van der Waals surface area contributed by atoms with Crippen LogP contribution in [0, 0.1) is 11.3 Å². The van der Waals surface area contributed by atoms with E-state index in [1.165, 1.54) is 0 Å². The molecule has 0 saturated heterocycles. The zero-order chi connectivity index (χ0) is 13.0. The molecule has 3 nitrogen and oxygen atoms in total. The molecule has 0 radical (unpaired) electrons. The van der Waals surface area contributed by atoms with Gasteiger partial charge in [-0.1, -0.05) is 23.2 Å². The number of nitrogens with one attached hydrogen (secondary N) is 1. The van der Waals surface area contributed by atoms with Crippen LogP contribution in [0.2, 0.25) is 10.0 Å². The number of hydrogen-bond acceptors (Lipinski definition) is 3. The van der Waals surface area contributed by atoms with E-state index in [0.29, 0.717) is 28.9 Å². The molecule has 0 atom stereocenters. The molecule has 1 N–H and O–H groups in total. The molecule has 0 unspecified atom stereocenters. The standard InChI is InChI=1S/C13H10Cl2N2O/c14-10-5-9(6-11(15)7-10)13-2-1-12(18-13)8-17-4-3-16/h1-2,5-7,17H,4,8H2. The third-order valence-corrected chi connectivity index (χ3v) is 2.75. The quantitative estimate of drug-likeness (QED) is 0.683. The lowest BCUT2D eigenvalue weighted by Gasteiger charge is -2.00. The van der Waals surface area contributed by atoms with E-state index in [4.69, 9.17) is 32.9 Å². The lowest BCUT2D eigenvalue weighted by molar-refractivity contribution is 0.502. The van der Waals surface area contributed by atoms with Gasteiger partial charge in [-0.3, -0.25) is 5.32 Å². The van der Waals surface area contributed by atoms with Crippen molar-refractivity contribution in [3.8, 4) is 17.4 Å². The summed E-state index contributed by atoms with van der Waals surface area (Å²) in [4.78, 5) is 0. The monoisotopic (exact) mass is 280 g/mol. The third-order valence-electron chi connectivity index (χ3n) is 2.31. The fraction of sp³-hybridized carbons (Fsp3) is 0.154. The van der Waals surface area contributed by atoms with Gasteiger partial charge in [0, 0.05) is 15.6 Å². The summed E-state index contributed by atoms with van der Waals surface area (Å²) in [6, 6.07) is 11.0. The Morgan fingerprint density at radius 2 is 1.89 bits per heavy atom. The molecule has 92 valence electrons. The molecule has 1 heterocycles. The van der Waals surface area contributed by atoms with Gasteiger partial charge in [0.05, 0.1) is 19.2 Å². The van der Waals surface area contributed by atoms with E-state index in [1.54, 1.807) is 18.2 Å². The molecule has 0 aliphatic rings. The van der Waals surface area contributed by atoms with Gasteiger partial charge in [0.15, 0.2) is 0 Å². The van der Waals surface area contributed by atoms with Crippen LogP contribution >= 0.6 is 23.2 Å². The second-order valence-electron chi connectivity index (χ2n) is 3.69. The summed E-state index contributed by atoms with van der Waals surface area (Å²) in [6.45, 7) is 0.806. The van der Waals surface area contributed by atoms with Crippen molar-refractivity contribution in [2.45, 2.75) is 6.54 Å². The van der Waals surface area contributed by atoms with Crippen LogP contribution in [0.3, 0.4) is 0 Å². The molecule has 0 aliphatic heterocycles. The third kappa shape index (κ3) is 3.27. The lowest BCUT2D eigenvalue weighted by Crippen LogP contribution is -2.12.